The molecule has 4 aromatic rings. The van der Waals surface area contributed by atoms with Gasteiger partial charge in [-0.15, -0.1) is 0 Å². The van der Waals surface area contributed by atoms with Crippen molar-refractivity contribution in [1.82, 2.24) is 14.5 Å². The van der Waals surface area contributed by atoms with Gasteiger partial charge in [-0.1, -0.05) is 23.2 Å². The first-order chi connectivity index (χ1) is 15.9. The molecule has 0 bridgehead atoms. The third kappa shape index (κ3) is 5.40. The average Bonchev–Trinajstić information content (AvgIpc) is 2.80. The van der Waals surface area contributed by atoms with E-state index >= 15 is 0 Å². The Morgan fingerprint density at radius 2 is 1.55 bits per heavy atom. The summed E-state index contributed by atoms with van der Waals surface area (Å²) in [6, 6.07) is 20.1. The third-order valence-electron chi connectivity index (χ3n) is 4.49. The summed E-state index contributed by atoms with van der Waals surface area (Å²) in [7, 11) is 0. The van der Waals surface area contributed by atoms with E-state index < -0.39 is 4.92 Å². The highest BCUT2D eigenvalue weighted by Crippen LogP contribution is 2.23. The molecule has 164 valence electrons. The molecule has 0 aliphatic carbocycles. The van der Waals surface area contributed by atoms with Crippen molar-refractivity contribution in [3.8, 4) is 17.1 Å². The normalized spacial score (nSPS) is 11.0. The zero-order valence-corrected chi connectivity index (χ0v) is 19.1. The molecule has 11 heteroatoms. The number of anilines is 1. The van der Waals surface area contributed by atoms with Crippen molar-refractivity contribution < 1.29 is 4.92 Å². The Kier molecular flexibility index (Phi) is 6.74. The first-order valence-corrected chi connectivity index (χ1v) is 10.6. The fourth-order valence-electron chi connectivity index (χ4n) is 2.88. The number of halogens is 2. The van der Waals surface area contributed by atoms with Gasteiger partial charge in [0, 0.05) is 27.7 Å². The number of hydrazone groups is 1. The second kappa shape index (κ2) is 9.86. The van der Waals surface area contributed by atoms with Gasteiger partial charge >= 0.3 is 0 Å². The number of aromatic nitrogens is 3. The monoisotopic (exact) mass is 496 g/mol. The molecule has 0 atom stereocenters. The Balaban J connectivity index is 1.72. The van der Waals surface area contributed by atoms with E-state index in [1.165, 1.54) is 18.3 Å². The lowest BCUT2D eigenvalue weighted by molar-refractivity contribution is -0.384. The molecule has 0 fully saturated rings. The number of nitrogens with zero attached hydrogens (tertiary/aromatic N) is 5. The molecule has 0 unspecified atom stereocenters. The number of nitro groups is 1. The van der Waals surface area contributed by atoms with Crippen molar-refractivity contribution in [3.05, 3.63) is 103 Å². The SMILES string of the molecule is O=[N+]([O-])c1ccc(C=NNc2nc(-c3ccc(Cl)cc3)nc(=S)n2-c2ccc(Cl)cc2)cc1. The summed E-state index contributed by atoms with van der Waals surface area (Å²) in [5.74, 6) is 0.718. The summed E-state index contributed by atoms with van der Waals surface area (Å²) in [4.78, 5) is 19.4. The van der Waals surface area contributed by atoms with Gasteiger partial charge in [-0.3, -0.25) is 14.7 Å². The summed E-state index contributed by atoms with van der Waals surface area (Å²) in [6.45, 7) is 0. The number of rotatable bonds is 6. The summed E-state index contributed by atoms with van der Waals surface area (Å²) in [5.41, 5.74) is 4.99. The number of benzene rings is 3. The van der Waals surface area contributed by atoms with E-state index in [-0.39, 0.29) is 10.5 Å². The second-order valence-corrected chi connectivity index (χ2v) is 7.93. The van der Waals surface area contributed by atoms with Crippen molar-refractivity contribution >= 4 is 53.3 Å². The van der Waals surface area contributed by atoms with Gasteiger partial charge in [0.05, 0.1) is 16.8 Å². The molecule has 1 heterocycles. The fraction of sp³-hybridized carbons (Fsp3) is 0. The van der Waals surface area contributed by atoms with Gasteiger partial charge in [-0.05, 0) is 78.4 Å². The van der Waals surface area contributed by atoms with E-state index in [9.17, 15) is 10.1 Å². The minimum atomic E-state index is -0.460. The predicted octanol–water partition coefficient (Wildman–Crippen LogP) is 6.32. The van der Waals surface area contributed by atoms with Crippen LogP contribution in [0.25, 0.3) is 17.1 Å². The molecule has 0 aliphatic rings. The minimum Gasteiger partial charge on any atom is -0.258 e. The Labute approximate surface area is 203 Å². The molecule has 0 saturated heterocycles. The van der Waals surface area contributed by atoms with Crippen LogP contribution in [0, 0.1) is 14.9 Å². The van der Waals surface area contributed by atoms with Crippen molar-refractivity contribution in [1.29, 1.82) is 0 Å². The van der Waals surface area contributed by atoms with E-state index in [1.54, 1.807) is 65.2 Å². The number of non-ortho nitro benzene ring substituents is 1. The first kappa shape index (κ1) is 22.5. The molecule has 0 radical (unpaired) electrons. The molecule has 1 aromatic heterocycles. The molecule has 1 N–H and O–H groups in total. The van der Waals surface area contributed by atoms with Gasteiger partial charge in [0.1, 0.15) is 0 Å². The van der Waals surface area contributed by atoms with Crippen molar-refractivity contribution in [2.75, 3.05) is 5.43 Å². The minimum absolute atomic E-state index is 0.000144. The highest BCUT2D eigenvalue weighted by molar-refractivity contribution is 7.71. The van der Waals surface area contributed by atoms with Gasteiger partial charge in [-0.25, -0.2) is 5.43 Å². The highest BCUT2D eigenvalue weighted by Gasteiger charge is 2.12. The number of nitrogens with one attached hydrogen (secondary N) is 1. The van der Waals surface area contributed by atoms with Crippen LogP contribution >= 0.6 is 35.4 Å². The Bertz CT molecular complexity index is 1390. The van der Waals surface area contributed by atoms with Crippen molar-refractivity contribution in [2.24, 2.45) is 5.10 Å². The summed E-state index contributed by atoms with van der Waals surface area (Å²) >= 11 is 17.6. The molecule has 3 aromatic carbocycles. The van der Waals surface area contributed by atoms with Gasteiger partial charge in [0.25, 0.3) is 5.69 Å². The van der Waals surface area contributed by atoms with Crippen LogP contribution in [0.1, 0.15) is 5.56 Å². The van der Waals surface area contributed by atoms with Crippen LogP contribution < -0.4 is 5.43 Å². The molecular weight excluding hydrogens is 483 g/mol. The fourth-order valence-corrected chi connectivity index (χ4v) is 3.41. The lowest BCUT2D eigenvalue weighted by Crippen LogP contribution is -2.10. The van der Waals surface area contributed by atoms with Crippen LogP contribution in [0.5, 0.6) is 0 Å². The third-order valence-corrected chi connectivity index (χ3v) is 5.26. The number of nitro benzene ring substituents is 1. The predicted molar refractivity (Wildman–Crippen MR) is 132 cm³/mol. The molecule has 0 spiro atoms. The van der Waals surface area contributed by atoms with E-state index in [1.807, 2.05) is 0 Å². The zero-order valence-electron chi connectivity index (χ0n) is 16.7. The molecule has 0 aliphatic heterocycles. The summed E-state index contributed by atoms with van der Waals surface area (Å²) in [6.07, 6.45) is 1.52. The molecular formula is C22H14Cl2N6O2S. The quantitative estimate of drug-likeness (QED) is 0.145. The van der Waals surface area contributed by atoms with Crippen LogP contribution in [-0.4, -0.2) is 25.7 Å². The lowest BCUT2D eigenvalue weighted by Gasteiger charge is -2.13. The van der Waals surface area contributed by atoms with Gasteiger partial charge in [0.15, 0.2) is 5.82 Å². The number of hydrogen-bond acceptors (Lipinski definition) is 7. The Hall–Kier alpha value is -3.66. The highest BCUT2D eigenvalue weighted by atomic mass is 35.5. The maximum Gasteiger partial charge on any atom is 0.269 e. The summed E-state index contributed by atoms with van der Waals surface area (Å²) in [5, 5.41) is 16.2. The molecule has 0 saturated carbocycles. The van der Waals surface area contributed by atoms with E-state index in [2.05, 4.69) is 20.5 Å². The average molecular weight is 497 g/mol. The van der Waals surface area contributed by atoms with E-state index in [4.69, 9.17) is 35.4 Å². The Morgan fingerprint density at radius 3 is 2.15 bits per heavy atom. The second-order valence-electron chi connectivity index (χ2n) is 6.69. The van der Waals surface area contributed by atoms with E-state index in [0.29, 0.717) is 33.1 Å². The van der Waals surface area contributed by atoms with Gasteiger partial charge < -0.3 is 0 Å². The largest absolute Gasteiger partial charge is 0.269 e. The zero-order chi connectivity index (χ0) is 23.4. The van der Waals surface area contributed by atoms with Crippen LogP contribution in [0.2, 0.25) is 10.0 Å². The van der Waals surface area contributed by atoms with Crippen LogP contribution in [0.15, 0.2) is 77.9 Å². The smallest absolute Gasteiger partial charge is 0.258 e. The van der Waals surface area contributed by atoms with Crippen LogP contribution in [-0.2, 0) is 0 Å². The van der Waals surface area contributed by atoms with Crippen LogP contribution in [0.3, 0.4) is 0 Å². The molecule has 33 heavy (non-hydrogen) atoms. The van der Waals surface area contributed by atoms with E-state index in [0.717, 1.165) is 5.56 Å². The maximum atomic E-state index is 10.8. The molecule has 0 amide bonds. The maximum absolute atomic E-state index is 10.8. The van der Waals surface area contributed by atoms with Gasteiger partial charge in [-0.2, -0.15) is 15.1 Å². The molecule has 8 nitrogen and oxygen atoms in total. The van der Waals surface area contributed by atoms with Crippen molar-refractivity contribution in [3.63, 3.8) is 0 Å². The van der Waals surface area contributed by atoms with Crippen molar-refractivity contribution in [2.45, 2.75) is 0 Å². The first-order valence-electron chi connectivity index (χ1n) is 9.47. The standard InChI is InChI=1S/C22H14Cl2N6O2S/c23-16-5-3-15(4-6-16)20-26-21(28-25-13-14-1-9-19(10-2-14)30(31)32)29(22(33)27-20)18-11-7-17(24)8-12-18/h1-13H,(H,26,27,28,33). The Morgan fingerprint density at radius 1 is 0.939 bits per heavy atom. The number of hydrogen-bond donors (Lipinski definition) is 1. The van der Waals surface area contributed by atoms with Crippen LogP contribution in [0.4, 0.5) is 11.6 Å². The topological polar surface area (TPSA) is 98.2 Å². The summed E-state index contributed by atoms with van der Waals surface area (Å²) < 4.78 is 1.88. The molecule has 4 rings (SSSR count). The van der Waals surface area contributed by atoms with Gasteiger partial charge in [0.2, 0.25) is 10.7 Å². The lowest BCUT2D eigenvalue weighted by atomic mass is 10.2.